The van der Waals surface area contributed by atoms with E-state index in [9.17, 15) is 9.59 Å². The molecule has 0 radical (unpaired) electrons. The second kappa shape index (κ2) is 8.82. The van der Waals surface area contributed by atoms with E-state index in [1.54, 1.807) is 7.11 Å². The Kier molecular flexibility index (Phi) is 5.70. The molecule has 5 rings (SSSR count). The highest BCUT2D eigenvalue weighted by Gasteiger charge is 2.42. The number of hydrogen-bond donors (Lipinski definition) is 0. The van der Waals surface area contributed by atoms with Crippen LogP contribution in [0.5, 0.6) is 5.75 Å². The van der Waals surface area contributed by atoms with E-state index in [0.29, 0.717) is 30.1 Å². The third-order valence-electron chi connectivity index (χ3n) is 6.91. The number of benzene rings is 3. The van der Waals surface area contributed by atoms with Crippen molar-refractivity contribution in [2.75, 3.05) is 13.7 Å². The molecule has 0 unspecified atom stereocenters. The number of aryl methyl sites for hydroxylation is 2. The molecule has 172 valence electrons. The zero-order chi connectivity index (χ0) is 23.8. The summed E-state index contributed by atoms with van der Waals surface area (Å²) in [5, 5.41) is 0. The van der Waals surface area contributed by atoms with E-state index >= 15 is 0 Å². The van der Waals surface area contributed by atoms with Crippen LogP contribution in [0, 0.1) is 13.8 Å². The minimum atomic E-state index is -0.256. The van der Waals surface area contributed by atoms with Gasteiger partial charge in [-0.05, 0) is 54.2 Å². The lowest BCUT2D eigenvalue weighted by Gasteiger charge is -2.31. The second-order valence-corrected chi connectivity index (χ2v) is 8.97. The minimum absolute atomic E-state index is 0.171. The van der Waals surface area contributed by atoms with Crippen LogP contribution in [-0.2, 0) is 29.1 Å². The smallest absolute Gasteiger partial charge is 0.278 e. The van der Waals surface area contributed by atoms with Gasteiger partial charge in [0.2, 0.25) is 0 Å². The molecule has 3 aromatic carbocycles. The topological polar surface area (TPSA) is 49.9 Å². The Labute approximate surface area is 200 Å². The fraction of sp³-hybridized carbons (Fsp3) is 0.241. The van der Waals surface area contributed by atoms with Crippen molar-refractivity contribution in [1.82, 2.24) is 9.80 Å². The average molecular weight is 453 g/mol. The highest BCUT2D eigenvalue weighted by molar-refractivity contribution is 6.35. The molecule has 3 aromatic rings. The molecule has 0 saturated heterocycles. The maximum Gasteiger partial charge on any atom is 0.278 e. The van der Waals surface area contributed by atoms with Crippen LogP contribution in [0.1, 0.15) is 33.4 Å². The third kappa shape index (κ3) is 3.77. The number of para-hydroxylation sites is 1. The first-order chi connectivity index (χ1) is 16.5. The highest BCUT2D eigenvalue weighted by Crippen LogP contribution is 2.36. The van der Waals surface area contributed by atoms with Crippen molar-refractivity contribution in [2.45, 2.75) is 33.4 Å². The number of methoxy groups -OCH3 is 1. The summed E-state index contributed by atoms with van der Waals surface area (Å²) in [7, 11) is 1.60. The molecule has 2 aliphatic rings. The summed E-state index contributed by atoms with van der Waals surface area (Å²) in [6, 6.07) is 21.8. The monoisotopic (exact) mass is 452 g/mol. The number of ether oxygens (including phenoxy) is 1. The predicted octanol–water partition coefficient (Wildman–Crippen LogP) is 4.65. The quantitative estimate of drug-likeness (QED) is 0.529. The molecule has 2 amide bonds. The Bertz CT molecular complexity index is 1320. The molecule has 0 fully saturated rings. The van der Waals surface area contributed by atoms with Gasteiger partial charge in [0.1, 0.15) is 11.4 Å². The SMILES string of the molecule is COc1ccccc1CN1C(=O)C(c2ccc(C)c(C)c2)=C(N2CCc3ccccc3C2)C1=O. The Morgan fingerprint density at radius 1 is 0.853 bits per heavy atom. The van der Waals surface area contributed by atoms with Crippen molar-refractivity contribution in [1.29, 1.82) is 0 Å². The van der Waals surface area contributed by atoms with E-state index in [-0.39, 0.29) is 18.4 Å². The first kappa shape index (κ1) is 22.0. The highest BCUT2D eigenvalue weighted by atomic mass is 16.5. The average Bonchev–Trinajstić information content (AvgIpc) is 3.10. The first-order valence-electron chi connectivity index (χ1n) is 11.6. The third-order valence-corrected chi connectivity index (χ3v) is 6.91. The Morgan fingerprint density at radius 2 is 1.59 bits per heavy atom. The van der Waals surface area contributed by atoms with Crippen molar-refractivity contribution >= 4 is 17.4 Å². The molecule has 5 heteroatoms. The van der Waals surface area contributed by atoms with Crippen LogP contribution in [-0.4, -0.2) is 35.3 Å². The lowest BCUT2D eigenvalue weighted by molar-refractivity contribution is -0.138. The largest absolute Gasteiger partial charge is 0.496 e. The molecule has 0 bridgehead atoms. The summed E-state index contributed by atoms with van der Waals surface area (Å²) < 4.78 is 5.48. The van der Waals surface area contributed by atoms with E-state index in [4.69, 9.17) is 4.74 Å². The molecule has 0 aromatic heterocycles. The van der Waals surface area contributed by atoms with Crippen LogP contribution in [0.3, 0.4) is 0 Å². The Morgan fingerprint density at radius 3 is 2.35 bits per heavy atom. The van der Waals surface area contributed by atoms with E-state index < -0.39 is 0 Å². The Balaban J connectivity index is 1.58. The number of nitrogens with zero attached hydrogens (tertiary/aromatic N) is 2. The van der Waals surface area contributed by atoms with Gasteiger partial charge in [-0.1, -0.05) is 60.7 Å². The number of carbonyl (C=O) groups is 2. The maximum absolute atomic E-state index is 13.8. The van der Waals surface area contributed by atoms with Crippen LogP contribution in [0.15, 0.2) is 72.4 Å². The number of imide groups is 1. The van der Waals surface area contributed by atoms with Crippen molar-refractivity contribution in [3.05, 3.63) is 106 Å². The van der Waals surface area contributed by atoms with Crippen molar-refractivity contribution < 1.29 is 14.3 Å². The molecule has 34 heavy (non-hydrogen) atoms. The molecule has 0 aliphatic carbocycles. The van der Waals surface area contributed by atoms with Gasteiger partial charge in [-0.2, -0.15) is 0 Å². The summed E-state index contributed by atoms with van der Waals surface area (Å²) in [4.78, 5) is 31.1. The van der Waals surface area contributed by atoms with Gasteiger partial charge in [0.15, 0.2) is 0 Å². The van der Waals surface area contributed by atoms with Gasteiger partial charge >= 0.3 is 0 Å². The lowest BCUT2D eigenvalue weighted by Crippen LogP contribution is -2.37. The predicted molar refractivity (Wildman–Crippen MR) is 132 cm³/mol. The number of amides is 2. The van der Waals surface area contributed by atoms with Gasteiger partial charge in [-0.3, -0.25) is 14.5 Å². The van der Waals surface area contributed by atoms with E-state index in [0.717, 1.165) is 28.7 Å². The minimum Gasteiger partial charge on any atom is -0.496 e. The number of hydrogen-bond acceptors (Lipinski definition) is 4. The summed E-state index contributed by atoms with van der Waals surface area (Å²) in [5.74, 6) is 0.160. The number of rotatable bonds is 5. The van der Waals surface area contributed by atoms with Crippen LogP contribution in [0.4, 0.5) is 0 Å². The number of carbonyl (C=O) groups excluding carboxylic acids is 2. The summed E-state index contributed by atoms with van der Waals surface area (Å²) in [6.07, 6.45) is 0.841. The fourth-order valence-corrected chi connectivity index (χ4v) is 4.85. The molecular weight excluding hydrogens is 424 g/mol. The second-order valence-electron chi connectivity index (χ2n) is 8.97. The zero-order valence-corrected chi connectivity index (χ0v) is 19.8. The van der Waals surface area contributed by atoms with Gasteiger partial charge in [-0.25, -0.2) is 0 Å². The van der Waals surface area contributed by atoms with Gasteiger partial charge < -0.3 is 9.64 Å². The van der Waals surface area contributed by atoms with Gasteiger partial charge in [-0.15, -0.1) is 0 Å². The van der Waals surface area contributed by atoms with Gasteiger partial charge in [0.25, 0.3) is 11.8 Å². The normalized spacial score (nSPS) is 15.7. The molecule has 2 aliphatic heterocycles. The van der Waals surface area contributed by atoms with Crippen LogP contribution >= 0.6 is 0 Å². The van der Waals surface area contributed by atoms with E-state index in [1.807, 2.05) is 68.4 Å². The van der Waals surface area contributed by atoms with Crippen molar-refractivity contribution in [2.24, 2.45) is 0 Å². The zero-order valence-electron chi connectivity index (χ0n) is 19.8. The van der Waals surface area contributed by atoms with Crippen molar-refractivity contribution in [3.8, 4) is 5.75 Å². The molecule has 0 spiro atoms. The van der Waals surface area contributed by atoms with E-state index in [1.165, 1.54) is 16.0 Å². The molecule has 0 N–H and O–H groups in total. The Hall–Kier alpha value is -3.86. The molecule has 5 nitrogen and oxygen atoms in total. The van der Waals surface area contributed by atoms with Gasteiger partial charge in [0, 0.05) is 18.7 Å². The lowest BCUT2D eigenvalue weighted by atomic mass is 9.96. The van der Waals surface area contributed by atoms with Crippen LogP contribution in [0.2, 0.25) is 0 Å². The van der Waals surface area contributed by atoms with Crippen LogP contribution < -0.4 is 4.74 Å². The molecule has 0 saturated carbocycles. The van der Waals surface area contributed by atoms with E-state index in [2.05, 4.69) is 17.0 Å². The molecule has 0 atom stereocenters. The van der Waals surface area contributed by atoms with Crippen molar-refractivity contribution in [3.63, 3.8) is 0 Å². The molecular formula is C29H28N2O3. The standard InChI is InChI=1S/C29H28N2O3/c1-19-12-13-22(16-20(19)2)26-27(30-15-14-21-8-4-5-9-23(21)17-30)29(33)31(28(26)32)18-24-10-6-7-11-25(24)34-3/h4-13,16H,14-15,17-18H2,1-3H3. The summed E-state index contributed by atoms with van der Waals surface area (Å²) in [6.45, 7) is 5.56. The van der Waals surface area contributed by atoms with Gasteiger partial charge in [0.05, 0.1) is 19.2 Å². The summed E-state index contributed by atoms with van der Waals surface area (Å²) in [5.41, 5.74) is 7.32. The number of fused-ring (bicyclic) bond motifs is 1. The maximum atomic E-state index is 13.8. The fourth-order valence-electron chi connectivity index (χ4n) is 4.85. The molecule has 2 heterocycles. The summed E-state index contributed by atoms with van der Waals surface area (Å²) >= 11 is 0. The first-order valence-corrected chi connectivity index (χ1v) is 11.6. The van der Waals surface area contributed by atoms with Crippen LogP contribution in [0.25, 0.3) is 5.57 Å².